The van der Waals surface area contributed by atoms with E-state index in [-0.39, 0.29) is 11.7 Å². The number of amides is 1. The molecule has 42 heavy (non-hydrogen) atoms. The lowest BCUT2D eigenvalue weighted by atomic mass is 10.1. The molecule has 3 aromatic carbocycles. The number of nitrogens with one attached hydrogen (secondary N) is 1. The topological polar surface area (TPSA) is 84.6 Å². The van der Waals surface area contributed by atoms with Crippen LogP contribution >= 0.6 is 24.0 Å². The highest BCUT2D eigenvalue weighted by Crippen LogP contribution is 2.29. The van der Waals surface area contributed by atoms with Crippen LogP contribution in [0.3, 0.4) is 0 Å². The van der Waals surface area contributed by atoms with Crippen molar-refractivity contribution in [2.75, 3.05) is 17.2 Å². The summed E-state index contributed by atoms with van der Waals surface area (Å²) < 4.78 is 42.6. The van der Waals surface area contributed by atoms with Gasteiger partial charge in [0.05, 0.1) is 17.1 Å². The summed E-state index contributed by atoms with van der Waals surface area (Å²) in [6.45, 7) is 2.55. The van der Waals surface area contributed by atoms with Gasteiger partial charge >= 0.3 is 6.36 Å². The first kappa shape index (κ1) is 29.3. The smallest absolute Gasteiger partial charge is 0.406 e. The monoisotopic (exact) mass is 610 g/mol. The molecule has 0 saturated carbocycles. The Bertz CT molecular complexity index is 1620. The Morgan fingerprint density at radius 3 is 2.67 bits per heavy atom. The third-order valence-electron chi connectivity index (χ3n) is 6.25. The van der Waals surface area contributed by atoms with Gasteiger partial charge in [-0.25, -0.2) is 9.67 Å². The number of carbonyl (C=O) groups excluding carboxylic acids is 1. The number of aryl methyl sites for hydroxylation is 2. The largest absolute Gasteiger partial charge is 0.573 e. The molecule has 1 fully saturated rings. The average Bonchev–Trinajstić information content (AvgIpc) is 3.59. The van der Waals surface area contributed by atoms with E-state index in [1.165, 1.54) is 47.0 Å². The number of para-hydroxylation sites is 1. The zero-order chi connectivity index (χ0) is 29.7. The molecule has 1 aromatic heterocycles. The van der Waals surface area contributed by atoms with Crippen LogP contribution in [-0.2, 0) is 11.2 Å². The number of halogens is 3. The number of aromatic nitrogens is 3. The maximum atomic E-state index is 12.5. The highest BCUT2D eigenvalue weighted by Gasteiger charge is 2.31. The van der Waals surface area contributed by atoms with Crippen molar-refractivity contribution in [1.29, 1.82) is 0 Å². The highest BCUT2D eigenvalue weighted by molar-refractivity contribution is 8.15. The zero-order valence-electron chi connectivity index (χ0n) is 22.3. The second-order valence-electron chi connectivity index (χ2n) is 9.29. The van der Waals surface area contributed by atoms with Gasteiger partial charge in [-0.2, -0.15) is 4.99 Å². The number of thioether (sulfide) groups is 1. The summed E-state index contributed by atoms with van der Waals surface area (Å²) in [4.78, 5) is 23.0. The normalized spacial score (nSPS) is 14.4. The Hall–Kier alpha value is -4.23. The number of hydrogen-bond acceptors (Lipinski definition) is 6. The number of amidine groups is 1. The maximum absolute atomic E-state index is 12.5. The molecule has 13 heteroatoms. The van der Waals surface area contributed by atoms with Crippen molar-refractivity contribution in [2.24, 2.45) is 4.99 Å². The van der Waals surface area contributed by atoms with Crippen molar-refractivity contribution in [3.63, 3.8) is 0 Å². The van der Waals surface area contributed by atoms with Crippen LogP contribution in [0.15, 0.2) is 84.1 Å². The molecule has 0 spiro atoms. The molecule has 0 radical (unpaired) electrons. The van der Waals surface area contributed by atoms with E-state index < -0.39 is 6.36 Å². The van der Waals surface area contributed by atoms with Gasteiger partial charge in [0.15, 0.2) is 16.1 Å². The summed E-state index contributed by atoms with van der Waals surface area (Å²) in [5, 5.41) is 8.52. The molecule has 0 bridgehead atoms. The lowest BCUT2D eigenvalue weighted by Crippen LogP contribution is -2.32. The second-order valence-corrected chi connectivity index (χ2v) is 10.6. The molecule has 0 unspecified atom stereocenters. The molecule has 4 aromatic rings. The van der Waals surface area contributed by atoms with E-state index in [9.17, 15) is 18.0 Å². The Labute approximate surface area is 249 Å². The fraction of sp³-hybridized carbons (Fsp3) is 0.207. The second kappa shape index (κ2) is 12.7. The Balaban J connectivity index is 1.15. The van der Waals surface area contributed by atoms with Crippen LogP contribution in [0.5, 0.6) is 5.75 Å². The Morgan fingerprint density at radius 2 is 1.90 bits per heavy atom. The van der Waals surface area contributed by atoms with Gasteiger partial charge in [0.25, 0.3) is 0 Å². The molecule has 1 aliphatic rings. The van der Waals surface area contributed by atoms with Crippen LogP contribution < -0.4 is 15.0 Å². The van der Waals surface area contributed by atoms with E-state index in [0.717, 1.165) is 35.2 Å². The summed E-state index contributed by atoms with van der Waals surface area (Å²) in [5.74, 6) is 0.481. The van der Waals surface area contributed by atoms with Gasteiger partial charge in [-0.15, -0.1) is 18.3 Å². The summed E-state index contributed by atoms with van der Waals surface area (Å²) >= 11 is 6.79. The minimum absolute atomic E-state index is 0.0245. The summed E-state index contributed by atoms with van der Waals surface area (Å²) in [7, 11) is 0. The van der Waals surface area contributed by atoms with Gasteiger partial charge in [0.2, 0.25) is 5.91 Å². The number of thiocarbonyl (C=S) groups is 1. The van der Waals surface area contributed by atoms with Gasteiger partial charge in [0, 0.05) is 12.1 Å². The third-order valence-corrected chi connectivity index (χ3v) is 7.41. The molecule has 0 atom stereocenters. The van der Waals surface area contributed by atoms with Crippen LogP contribution in [0.2, 0.25) is 0 Å². The number of anilines is 1. The predicted molar refractivity (Wildman–Crippen MR) is 161 cm³/mol. The Kier molecular flexibility index (Phi) is 8.88. The van der Waals surface area contributed by atoms with E-state index >= 15 is 0 Å². The number of rotatable bonds is 8. The Morgan fingerprint density at radius 1 is 1.12 bits per heavy atom. The van der Waals surface area contributed by atoms with Crippen molar-refractivity contribution < 1.29 is 22.7 Å². The molecule has 5 rings (SSSR count). The molecule has 8 nitrogen and oxygen atoms in total. The van der Waals surface area contributed by atoms with Gasteiger partial charge in [-0.1, -0.05) is 48.2 Å². The fourth-order valence-electron chi connectivity index (χ4n) is 4.30. The number of ether oxygens (including phenoxy) is 1. The number of nitrogens with zero attached hydrogens (tertiary/aromatic N) is 5. The first-order valence-corrected chi connectivity index (χ1v) is 14.3. The zero-order valence-corrected chi connectivity index (χ0v) is 24.0. The first-order chi connectivity index (χ1) is 20.2. The quantitative estimate of drug-likeness (QED) is 0.191. The summed E-state index contributed by atoms with van der Waals surface area (Å²) in [6, 6.07) is 20.9. The predicted octanol–water partition coefficient (Wildman–Crippen LogP) is 6.08. The molecular weight excluding hydrogens is 585 g/mol. The molecule has 0 aliphatic carbocycles. The first-order valence-electron chi connectivity index (χ1n) is 12.9. The molecular formula is C29H25F3N6O2S2. The minimum Gasteiger partial charge on any atom is -0.406 e. The van der Waals surface area contributed by atoms with Crippen LogP contribution in [0, 0.1) is 6.92 Å². The number of carbonyl (C=O) groups is 1. The van der Waals surface area contributed by atoms with Crippen LogP contribution in [0.25, 0.3) is 17.1 Å². The van der Waals surface area contributed by atoms with Crippen molar-refractivity contribution in [3.05, 3.63) is 90.3 Å². The van der Waals surface area contributed by atoms with Crippen molar-refractivity contribution in [3.8, 4) is 22.8 Å². The number of hydrogen-bond donors (Lipinski definition) is 1. The van der Waals surface area contributed by atoms with Crippen LogP contribution in [0.4, 0.5) is 18.9 Å². The maximum Gasteiger partial charge on any atom is 0.573 e. The lowest BCUT2D eigenvalue weighted by Gasteiger charge is -2.18. The standard InChI is InChI=1S/C29H25F3N6O2S2/c1-19-6-2-3-10-24(19)38-25(39)17-42-28(38)35-27(41)33-15-5-8-20-7-4-9-21(16-20)26-34-18-37(36-26)22-11-13-23(14-12-22)40-29(30,31)32/h2-4,6-7,9-14,16,18H,5,8,15,17H2,1H3,(H,33,41)/b35-28-. The van der Waals surface area contributed by atoms with Gasteiger partial charge in [0.1, 0.15) is 12.1 Å². The number of alkyl halides is 3. The third kappa shape index (κ3) is 7.34. The minimum atomic E-state index is -4.75. The highest BCUT2D eigenvalue weighted by atomic mass is 32.2. The summed E-state index contributed by atoms with van der Waals surface area (Å²) in [5.41, 5.74) is 4.24. The molecule has 1 saturated heterocycles. The van der Waals surface area contributed by atoms with Crippen molar-refractivity contribution in [1.82, 2.24) is 20.1 Å². The van der Waals surface area contributed by atoms with Crippen molar-refractivity contribution in [2.45, 2.75) is 26.1 Å². The van der Waals surface area contributed by atoms with E-state index in [0.29, 0.717) is 34.1 Å². The van der Waals surface area contributed by atoms with Gasteiger partial charge < -0.3 is 10.1 Å². The average molecular weight is 611 g/mol. The molecule has 1 amide bonds. The van der Waals surface area contributed by atoms with E-state index in [1.807, 2.05) is 55.5 Å². The summed E-state index contributed by atoms with van der Waals surface area (Å²) in [6.07, 6.45) is -1.69. The molecule has 216 valence electrons. The molecule has 1 N–H and O–H groups in total. The van der Waals surface area contributed by atoms with Gasteiger partial charge in [-0.3, -0.25) is 9.69 Å². The number of benzene rings is 3. The number of aliphatic imine (C=N–C) groups is 1. The molecule has 2 heterocycles. The van der Waals surface area contributed by atoms with E-state index in [4.69, 9.17) is 12.2 Å². The fourth-order valence-corrected chi connectivity index (χ4v) is 5.41. The van der Waals surface area contributed by atoms with Crippen LogP contribution in [-0.4, -0.2) is 49.6 Å². The molecule has 1 aliphatic heterocycles. The SMILES string of the molecule is Cc1ccccc1N1C(=O)CS/C1=N\C(=S)NCCCc1cccc(-c2ncn(-c3ccc(OC(F)(F)F)cc3)n2)c1. The van der Waals surface area contributed by atoms with E-state index in [1.54, 1.807) is 4.90 Å². The lowest BCUT2D eigenvalue weighted by molar-refractivity contribution is -0.274. The van der Waals surface area contributed by atoms with Crippen molar-refractivity contribution >= 4 is 45.9 Å². The van der Waals surface area contributed by atoms with Crippen LogP contribution in [0.1, 0.15) is 17.5 Å². The van der Waals surface area contributed by atoms with E-state index in [2.05, 4.69) is 25.1 Å². The van der Waals surface area contributed by atoms with Gasteiger partial charge in [-0.05, 0) is 79.5 Å².